The molecule has 0 spiro atoms. The van der Waals surface area contributed by atoms with Crippen molar-refractivity contribution in [3.8, 4) is 0 Å². The Kier molecular flexibility index (Phi) is 3.04. The summed E-state index contributed by atoms with van der Waals surface area (Å²) in [5.74, 6) is 1.03. The smallest absolute Gasteiger partial charge is 0.146 e. The summed E-state index contributed by atoms with van der Waals surface area (Å²) < 4.78 is 1.76. The van der Waals surface area contributed by atoms with E-state index in [9.17, 15) is 0 Å². The van der Waals surface area contributed by atoms with Crippen LogP contribution in [0.2, 0.25) is 0 Å². The summed E-state index contributed by atoms with van der Waals surface area (Å²) >= 11 is 0. The van der Waals surface area contributed by atoms with E-state index in [1.807, 2.05) is 21.1 Å². The van der Waals surface area contributed by atoms with Gasteiger partial charge in [-0.1, -0.05) is 5.21 Å². The van der Waals surface area contributed by atoms with Crippen molar-refractivity contribution in [3.05, 3.63) is 6.20 Å². The van der Waals surface area contributed by atoms with Gasteiger partial charge in [-0.15, -0.1) is 5.10 Å². The molecule has 0 aliphatic carbocycles. The lowest BCUT2D eigenvalue weighted by molar-refractivity contribution is 0.686. The van der Waals surface area contributed by atoms with E-state index in [1.165, 1.54) is 0 Å². The lowest BCUT2D eigenvalue weighted by Gasteiger charge is -2.17. The zero-order chi connectivity index (χ0) is 8.97. The topological polar surface area (TPSA) is 46.0 Å². The Morgan fingerprint density at radius 1 is 1.67 bits per heavy atom. The van der Waals surface area contributed by atoms with Gasteiger partial charge in [0.15, 0.2) is 0 Å². The molecule has 0 unspecified atom stereocenters. The lowest BCUT2D eigenvalue weighted by atomic mass is 10.5. The second-order valence-electron chi connectivity index (χ2n) is 2.74. The monoisotopic (exact) mass is 169 g/mol. The standard InChI is InChI=1S/C7H15N5/c1-8-4-5-11(2)7-6-9-10-12(7)3/h6,8H,4-5H2,1-3H3. The highest BCUT2D eigenvalue weighted by atomic mass is 15.5. The van der Waals surface area contributed by atoms with Gasteiger partial charge in [0.05, 0.1) is 6.20 Å². The summed E-state index contributed by atoms with van der Waals surface area (Å²) in [6.07, 6.45) is 1.76. The molecule has 0 bridgehead atoms. The van der Waals surface area contributed by atoms with Gasteiger partial charge < -0.3 is 10.2 Å². The highest BCUT2D eigenvalue weighted by molar-refractivity contribution is 5.33. The van der Waals surface area contributed by atoms with Crippen LogP contribution in [0.25, 0.3) is 0 Å². The summed E-state index contributed by atoms with van der Waals surface area (Å²) in [5.41, 5.74) is 0. The van der Waals surface area contributed by atoms with E-state index in [1.54, 1.807) is 10.9 Å². The number of rotatable bonds is 4. The highest BCUT2D eigenvalue weighted by Crippen LogP contribution is 2.05. The van der Waals surface area contributed by atoms with E-state index >= 15 is 0 Å². The van der Waals surface area contributed by atoms with E-state index in [2.05, 4.69) is 20.5 Å². The Morgan fingerprint density at radius 3 is 2.92 bits per heavy atom. The fraction of sp³-hybridized carbons (Fsp3) is 0.714. The first kappa shape index (κ1) is 8.99. The summed E-state index contributed by atoms with van der Waals surface area (Å²) in [6, 6.07) is 0. The molecule has 1 rings (SSSR count). The van der Waals surface area contributed by atoms with Crippen LogP contribution in [0.15, 0.2) is 6.20 Å². The number of hydrogen-bond donors (Lipinski definition) is 1. The number of hydrogen-bond acceptors (Lipinski definition) is 4. The van der Waals surface area contributed by atoms with Crippen molar-refractivity contribution in [2.75, 3.05) is 32.1 Å². The highest BCUT2D eigenvalue weighted by Gasteiger charge is 2.03. The Balaban J connectivity index is 2.52. The summed E-state index contributed by atoms with van der Waals surface area (Å²) in [4.78, 5) is 2.11. The second kappa shape index (κ2) is 4.06. The van der Waals surface area contributed by atoms with Crippen LogP contribution < -0.4 is 10.2 Å². The van der Waals surface area contributed by atoms with Crippen molar-refractivity contribution in [3.63, 3.8) is 0 Å². The number of likely N-dealkylation sites (N-methyl/N-ethyl adjacent to an activating group) is 2. The molecule has 12 heavy (non-hydrogen) atoms. The Labute approximate surface area is 72.4 Å². The molecular weight excluding hydrogens is 154 g/mol. The first-order chi connectivity index (χ1) is 5.75. The van der Waals surface area contributed by atoms with E-state index in [0.29, 0.717) is 0 Å². The van der Waals surface area contributed by atoms with Crippen LogP contribution in [0.5, 0.6) is 0 Å². The van der Waals surface area contributed by atoms with E-state index < -0.39 is 0 Å². The van der Waals surface area contributed by atoms with Gasteiger partial charge >= 0.3 is 0 Å². The van der Waals surface area contributed by atoms with Crippen LogP contribution in [-0.4, -0.2) is 42.2 Å². The molecule has 1 N–H and O–H groups in total. The maximum atomic E-state index is 3.85. The SMILES string of the molecule is CNCCN(C)c1cnnn1C. The van der Waals surface area contributed by atoms with Crippen molar-refractivity contribution >= 4 is 5.82 Å². The van der Waals surface area contributed by atoms with Crippen LogP contribution in [0.3, 0.4) is 0 Å². The average molecular weight is 169 g/mol. The number of aryl methyl sites for hydroxylation is 1. The maximum absolute atomic E-state index is 3.85. The molecule has 1 aromatic heterocycles. The van der Waals surface area contributed by atoms with Crippen LogP contribution in [0.1, 0.15) is 0 Å². The van der Waals surface area contributed by atoms with E-state index in [4.69, 9.17) is 0 Å². The second-order valence-corrected chi connectivity index (χ2v) is 2.74. The average Bonchev–Trinajstić information content (AvgIpc) is 2.47. The van der Waals surface area contributed by atoms with E-state index in [0.717, 1.165) is 18.9 Å². The first-order valence-electron chi connectivity index (χ1n) is 3.96. The minimum absolute atomic E-state index is 0.956. The third-order valence-electron chi connectivity index (χ3n) is 1.78. The zero-order valence-corrected chi connectivity index (χ0v) is 7.78. The molecule has 1 aromatic rings. The molecule has 5 nitrogen and oxygen atoms in total. The Hall–Kier alpha value is -1.10. The molecule has 0 aliphatic heterocycles. The number of nitrogens with one attached hydrogen (secondary N) is 1. The Morgan fingerprint density at radius 2 is 2.42 bits per heavy atom. The summed E-state index contributed by atoms with van der Waals surface area (Å²) in [6.45, 7) is 1.92. The third kappa shape index (κ3) is 1.94. The zero-order valence-electron chi connectivity index (χ0n) is 7.78. The number of anilines is 1. The van der Waals surface area contributed by atoms with Gasteiger partial charge in [0, 0.05) is 27.2 Å². The minimum Gasteiger partial charge on any atom is -0.357 e. The fourth-order valence-electron chi connectivity index (χ4n) is 1.02. The van der Waals surface area contributed by atoms with Crippen LogP contribution >= 0.6 is 0 Å². The van der Waals surface area contributed by atoms with Crippen LogP contribution in [-0.2, 0) is 7.05 Å². The van der Waals surface area contributed by atoms with Crippen molar-refractivity contribution in [1.82, 2.24) is 20.3 Å². The molecule has 0 radical (unpaired) electrons. The molecule has 0 atom stereocenters. The van der Waals surface area contributed by atoms with Gasteiger partial charge in [0.25, 0.3) is 0 Å². The van der Waals surface area contributed by atoms with Crippen molar-refractivity contribution in [2.24, 2.45) is 7.05 Å². The molecule has 0 aliphatic rings. The quantitative estimate of drug-likeness (QED) is 0.658. The number of nitrogens with zero attached hydrogens (tertiary/aromatic N) is 4. The van der Waals surface area contributed by atoms with Crippen molar-refractivity contribution < 1.29 is 0 Å². The molecule has 5 heteroatoms. The van der Waals surface area contributed by atoms with Gasteiger partial charge in [0.2, 0.25) is 0 Å². The fourth-order valence-corrected chi connectivity index (χ4v) is 1.02. The van der Waals surface area contributed by atoms with Gasteiger partial charge in [-0.25, -0.2) is 4.68 Å². The van der Waals surface area contributed by atoms with Crippen molar-refractivity contribution in [1.29, 1.82) is 0 Å². The first-order valence-corrected chi connectivity index (χ1v) is 3.96. The van der Waals surface area contributed by atoms with Crippen LogP contribution in [0.4, 0.5) is 5.82 Å². The predicted octanol–water partition coefficient (Wildman–Crippen LogP) is -0.529. The molecule has 0 saturated carbocycles. The lowest BCUT2D eigenvalue weighted by Crippen LogP contribution is -2.28. The van der Waals surface area contributed by atoms with Gasteiger partial charge in [-0.2, -0.15) is 0 Å². The maximum Gasteiger partial charge on any atom is 0.146 e. The van der Waals surface area contributed by atoms with Crippen molar-refractivity contribution in [2.45, 2.75) is 0 Å². The molecule has 0 amide bonds. The van der Waals surface area contributed by atoms with Gasteiger partial charge in [-0.05, 0) is 7.05 Å². The molecule has 0 fully saturated rings. The van der Waals surface area contributed by atoms with E-state index in [-0.39, 0.29) is 0 Å². The normalized spacial score (nSPS) is 10.2. The third-order valence-corrected chi connectivity index (χ3v) is 1.78. The molecular formula is C7H15N5. The minimum atomic E-state index is 0.956. The van der Waals surface area contributed by atoms with Gasteiger partial charge in [-0.3, -0.25) is 0 Å². The van der Waals surface area contributed by atoms with Gasteiger partial charge in [0.1, 0.15) is 5.82 Å². The summed E-state index contributed by atoms with van der Waals surface area (Å²) in [7, 11) is 5.85. The molecule has 0 aromatic carbocycles. The molecule has 0 saturated heterocycles. The predicted molar refractivity (Wildman–Crippen MR) is 48.2 cm³/mol. The summed E-state index contributed by atoms with van der Waals surface area (Å²) in [5, 5.41) is 10.7. The molecule has 68 valence electrons. The molecule has 1 heterocycles. The number of aromatic nitrogens is 3. The largest absolute Gasteiger partial charge is 0.357 e. The van der Waals surface area contributed by atoms with Crippen LogP contribution in [0, 0.1) is 0 Å². The Bertz CT molecular complexity index is 231.